The van der Waals surface area contributed by atoms with Crippen LogP contribution in [-0.4, -0.2) is 18.6 Å². The fourth-order valence-corrected chi connectivity index (χ4v) is 2.97. The van der Waals surface area contributed by atoms with Crippen molar-refractivity contribution in [2.75, 3.05) is 6.61 Å². The quantitative estimate of drug-likeness (QED) is 0.932. The molecule has 1 unspecified atom stereocenters. The fraction of sp³-hybridized carbons (Fsp3) is 0.267. The molecule has 19 heavy (non-hydrogen) atoms. The second kappa shape index (κ2) is 5.45. The maximum Gasteiger partial charge on any atom is 0.225 e. The van der Waals surface area contributed by atoms with E-state index in [1.165, 1.54) is 0 Å². The number of amides is 1. The predicted octanol–water partition coefficient (Wildman–Crippen LogP) is 2.41. The van der Waals surface area contributed by atoms with Gasteiger partial charge in [-0.05, 0) is 29.5 Å². The van der Waals surface area contributed by atoms with Gasteiger partial charge in [-0.1, -0.05) is 24.3 Å². The monoisotopic (exact) mass is 273 g/mol. The molecule has 0 bridgehead atoms. The number of benzene rings is 1. The maximum absolute atomic E-state index is 11.9. The van der Waals surface area contributed by atoms with Crippen molar-refractivity contribution in [3.63, 3.8) is 0 Å². The van der Waals surface area contributed by atoms with Gasteiger partial charge in [-0.3, -0.25) is 4.79 Å². The number of carbonyl (C=O) groups excluding carboxylic acids is 1. The number of rotatable bonds is 3. The number of hydrogen-bond donors (Lipinski definition) is 1. The Morgan fingerprint density at radius 1 is 1.32 bits per heavy atom. The molecule has 1 aliphatic heterocycles. The lowest BCUT2D eigenvalue weighted by atomic mass is 10.0. The predicted molar refractivity (Wildman–Crippen MR) is 75.6 cm³/mol. The zero-order valence-electron chi connectivity index (χ0n) is 10.5. The highest BCUT2D eigenvalue weighted by atomic mass is 32.1. The number of ether oxygens (including phenoxy) is 1. The molecule has 3 rings (SSSR count). The van der Waals surface area contributed by atoms with Crippen LogP contribution in [0.2, 0.25) is 0 Å². The third kappa shape index (κ3) is 2.96. The standard InChI is InChI=1S/C15H15NO2S/c17-15(9-13-5-3-7-19-13)16-12-8-11-4-1-2-6-14(11)18-10-12/h1-7,12H,8-10H2,(H,16,17). The maximum atomic E-state index is 11.9. The van der Waals surface area contributed by atoms with E-state index in [9.17, 15) is 4.79 Å². The van der Waals surface area contributed by atoms with Crippen molar-refractivity contribution in [1.29, 1.82) is 0 Å². The first-order valence-corrected chi connectivity index (χ1v) is 7.21. The van der Waals surface area contributed by atoms with Crippen LogP contribution in [0.4, 0.5) is 0 Å². The summed E-state index contributed by atoms with van der Waals surface area (Å²) in [5, 5.41) is 5.03. The molecule has 0 aliphatic carbocycles. The summed E-state index contributed by atoms with van der Waals surface area (Å²) in [6, 6.07) is 12.0. The normalized spacial score (nSPS) is 17.4. The lowest BCUT2D eigenvalue weighted by Crippen LogP contribution is -2.43. The second-order valence-electron chi connectivity index (χ2n) is 4.64. The van der Waals surface area contributed by atoms with E-state index in [1.54, 1.807) is 11.3 Å². The number of para-hydroxylation sites is 1. The van der Waals surface area contributed by atoms with Gasteiger partial charge in [-0.2, -0.15) is 0 Å². The van der Waals surface area contributed by atoms with Crippen molar-refractivity contribution in [2.24, 2.45) is 0 Å². The van der Waals surface area contributed by atoms with E-state index in [4.69, 9.17) is 4.74 Å². The van der Waals surface area contributed by atoms with Gasteiger partial charge in [-0.25, -0.2) is 0 Å². The van der Waals surface area contributed by atoms with Crippen LogP contribution in [0.25, 0.3) is 0 Å². The number of hydrogen-bond acceptors (Lipinski definition) is 3. The van der Waals surface area contributed by atoms with Crippen LogP contribution in [-0.2, 0) is 17.6 Å². The molecule has 1 aliphatic rings. The van der Waals surface area contributed by atoms with Crippen molar-refractivity contribution in [2.45, 2.75) is 18.9 Å². The van der Waals surface area contributed by atoms with E-state index in [1.807, 2.05) is 41.8 Å². The van der Waals surface area contributed by atoms with Crippen LogP contribution < -0.4 is 10.1 Å². The molecule has 1 aromatic carbocycles. The molecule has 0 spiro atoms. The molecule has 2 aromatic rings. The van der Waals surface area contributed by atoms with E-state index in [2.05, 4.69) is 5.32 Å². The largest absolute Gasteiger partial charge is 0.491 e. The van der Waals surface area contributed by atoms with Crippen LogP contribution in [0.1, 0.15) is 10.4 Å². The molecule has 0 radical (unpaired) electrons. The minimum absolute atomic E-state index is 0.0652. The average molecular weight is 273 g/mol. The Kier molecular flexibility index (Phi) is 3.51. The van der Waals surface area contributed by atoms with Crippen molar-refractivity contribution >= 4 is 17.2 Å². The van der Waals surface area contributed by atoms with E-state index >= 15 is 0 Å². The van der Waals surface area contributed by atoms with Crippen molar-refractivity contribution in [1.82, 2.24) is 5.32 Å². The van der Waals surface area contributed by atoms with Gasteiger partial charge in [0.05, 0.1) is 12.5 Å². The third-order valence-electron chi connectivity index (χ3n) is 3.16. The lowest BCUT2D eigenvalue weighted by molar-refractivity contribution is -0.121. The number of fused-ring (bicyclic) bond motifs is 1. The molecule has 4 heteroatoms. The first kappa shape index (κ1) is 12.2. The minimum Gasteiger partial charge on any atom is -0.491 e. The van der Waals surface area contributed by atoms with Crippen molar-refractivity contribution < 1.29 is 9.53 Å². The van der Waals surface area contributed by atoms with Gasteiger partial charge >= 0.3 is 0 Å². The van der Waals surface area contributed by atoms with Gasteiger partial charge in [0.25, 0.3) is 0 Å². The molecular weight excluding hydrogens is 258 g/mol. The summed E-state index contributed by atoms with van der Waals surface area (Å²) >= 11 is 1.61. The molecule has 1 N–H and O–H groups in total. The summed E-state index contributed by atoms with van der Waals surface area (Å²) in [5.74, 6) is 1.00. The second-order valence-corrected chi connectivity index (χ2v) is 5.68. The number of thiophene rings is 1. The van der Waals surface area contributed by atoms with Crippen LogP contribution in [0.5, 0.6) is 5.75 Å². The molecule has 2 heterocycles. The molecular formula is C15H15NO2S. The SMILES string of the molecule is O=C(Cc1cccs1)NC1COc2ccccc2C1. The van der Waals surface area contributed by atoms with Crippen molar-refractivity contribution in [3.05, 3.63) is 52.2 Å². The van der Waals surface area contributed by atoms with E-state index in [0.717, 1.165) is 22.6 Å². The van der Waals surface area contributed by atoms with Crippen LogP contribution in [0, 0.1) is 0 Å². The highest BCUT2D eigenvalue weighted by Crippen LogP contribution is 2.23. The Balaban J connectivity index is 1.58. The van der Waals surface area contributed by atoms with E-state index in [0.29, 0.717) is 13.0 Å². The van der Waals surface area contributed by atoms with E-state index < -0.39 is 0 Å². The zero-order chi connectivity index (χ0) is 13.1. The number of carbonyl (C=O) groups is 1. The van der Waals surface area contributed by atoms with Gasteiger partial charge in [0.15, 0.2) is 0 Å². The highest BCUT2D eigenvalue weighted by Gasteiger charge is 2.20. The summed E-state index contributed by atoms with van der Waals surface area (Å²) in [6.07, 6.45) is 1.29. The van der Waals surface area contributed by atoms with Gasteiger partial charge in [-0.15, -0.1) is 11.3 Å². The van der Waals surface area contributed by atoms with Gasteiger partial charge < -0.3 is 10.1 Å². The molecule has 0 saturated heterocycles. The molecule has 3 nitrogen and oxygen atoms in total. The van der Waals surface area contributed by atoms with E-state index in [-0.39, 0.29) is 11.9 Å². The van der Waals surface area contributed by atoms with Gasteiger partial charge in [0, 0.05) is 4.88 Å². The minimum atomic E-state index is 0.0652. The zero-order valence-corrected chi connectivity index (χ0v) is 11.3. The smallest absolute Gasteiger partial charge is 0.225 e. The summed E-state index contributed by atoms with van der Waals surface area (Å²) in [7, 11) is 0. The Labute approximate surface area is 116 Å². The van der Waals surface area contributed by atoms with Crippen LogP contribution in [0.3, 0.4) is 0 Å². The van der Waals surface area contributed by atoms with Gasteiger partial charge in [0.2, 0.25) is 5.91 Å². The summed E-state index contributed by atoms with van der Waals surface area (Å²) < 4.78 is 5.66. The molecule has 1 atom stereocenters. The van der Waals surface area contributed by atoms with Crippen LogP contribution in [0.15, 0.2) is 41.8 Å². The summed E-state index contributed by atoms with van der Waals surface area (Å²) in [6.45, 7) is 0.549. The molecule has 98 valence electrons. The summed E-state index contributed by atoms with van der Waals surface area (Å²) in [5.41, 5.74) is 1.16. The number of nitrogens with one attached hydrogen (secondary N) is 1. The topological polar surface area (TPSA) is 38.3 Å². The molecule has 1 amide bonds. The van der Waals surface area contributed by atoms with Crippen LogP contribution >= 0.6 is 11.3 Å². The Bertz CT molecular complexity index is 565. The first-order chi connectivity index (χ1) is 9.31. The highest BCUT2D eigenvalue weighted by molar-refractivity contribution is 7.10. The summed E-state index contributed by atoms with van der Waals surface area (Å²) in [4.78, 5) is 13.0. The Morgan fingerprint density at radius 2 is 2.21 bits per heavy atom. The molecule has 0 fully saturated rings. The fourth-order valence-electron chi connectivity index (χ4n) is 2.27. The third-order valence-corrected chi connectivity index (χ3v) is 4.04. The molecule has 0 saturated carbocycles. The Hall–Kier alpha value is -1.81. The lowest BCUT2D eigenvalue weighted by Gasteiger charge is -2.25. The first-order valence-electron chi connectivity index (χ1n) is 6.34. The van der Waals surface area contributed by atoms with Crippen molar-refractivity contribution in [3.8, 4) is 5.75 Å². The molecule has 1 aromatic heterocycles. The van der Waals surface area contributed by atoms with Gasteiger partial charge in [0.1, 0.15) is 12.4 Å². The Morgan fingerprint density at radius 3 is 3.05 bits per heavy atom. The average Bonchev–Trinajstić information content (AvgIpc) is 2.91.